The number of hydrogen-bond donors (Lipinski definition) is 4. The van der Waals surface area contributed by atoms with E-state index in [1.165, 1.54) is 7.11 Å². The molecule has 0 saturated heterocycles. The topological polar surface area (TPSA) is 156 Å². The van der Waals surface area contributed by atoms with Crippen LogP contribution in [0.3, 0.4) is 0 Å². The molecule has 0 atom stereocenters. The van der Waals surface area contributed by atoms with Gasteiger partial charge in [-0.15, -0.1) is 0 Å². The molecule has 0 amide bonds. The lowest BCUT2D eigenvalue weighted by Crippen LogP contribution is -2.26. The molecule has 10 heteroatoms. The number of nitrogens with one attached hydrogen (secondary N) is 3. The number of aromatic amines is 3. The van der Waals surface area contributed by atoms with Crippen LogP contribution in [-0.4, -0.2) is 34.2 Å². The Morgan fingerprint density at radius 3 is 2.08 bits per heavy atom. The molecule has 0 aromatic carbocycles. The third-order valence-electron chi connectivity index (χ3n) is 3.12. The molecule has 0 spiro atoms. The summed E-state index contributed by atoms with van der Waals surface area (Å²) in [5, 5.41) is 0. The van der Waals surface area contributed by atoms with E-state index < -0.39 is 5.69 Å². The predicted molar refractivity (Wildman–Crippen MR) is 87.9 cm³/mol. The molecule has 0 aliphatic rings. The van der Waals surface area contributed by atoms with Crippen LogP contribution >= 0.6 is 0 Å². The van der Waals surface area contributed by atoms with Crippen molar-refractivity contribution in [1.29, 1.82) is 0 Å². The Hall–Kier alpha value is -2.72. The number of aromatic nitrogens is 4. The molecule has 2 rings (SSSR count). The molecule has 0 radical (unpaired) electrons. The van der Waals surface area contributed by atoms with Gasteiger partial charge in [0.1, 0.15) is 0 Å². The van der Waals surface area contributed by atoms with Crippen LogP contribution in [0.4, 0.5) is 5.95 Å². The number of H-pyrrole nitrogens is 3. The summed E-state index contributed by atoms with van der Waals surface area (Å²) in [6, 6.07) is 0. The van der Waals surface area contributed by atoms with Crippen LogP contribution in [0.15, 0.2) is 14.4 Å². The molecule has 2 aromatic heterocycles. The smallest absolute Gasteiger partial charge is 0.325 e. The van der Waals surface area contributed by atoms with E-state index in [-0.39, 0.29) is 23.7 Å². The number of nitrogen functional groups attached to an aromatic ring is 1. The fourth-order valence-corrected chi connectivity index (χ4v) is 1.76. The van der Waals surface area contributed by atoms with Gasteiger partial charge < -0.3 is 20.2 Å². The first-order valence-corrected chi connectivity index (χ1v) is 6.95. The average molecular weight is 339 g/mol. The predicted octanol–water partition coefficient (Wildman–Crippen LogP) is -0.675. The summed E-state index contributed by atoms with van der Waals surface area (Å²) in [5.74, 6) is 0.123. The van der Waals surface area contributed by atoms with Crippen LogP contribution in [0, 0.1) is 13.8 Å². The number of methoxy groups -OCH3 is 2. The number of nitrogens with zero attached hydrogens (tertiary/aromatic N) is 1. The molecule has 10 nitrogen and oxygen atoms in total. The summed E-state index contributed by atoms with van der Waals surface area (Å²) < 4.78 is 9.64. The second-order valence-electron chi connectivity index (χ2n) is 4.90. The largest absolute Gasteiger partial charge is 0.378 e. The fraction of sp³-hybridized carbons (Fsp3) is 0.429. The maximum atomic E-state index is 11.1. The van der Waals surface area contributed by atoms with E-state index in [4.69, 9.17) is 15.2 Å². The Balaban J connectivity index is 0.000000240. The fourth-order valence-electron chi connectivity index (χ4n) is 1.76. The van der Waals surface area contributed by atoms with Crippen LogP contribution < -0.4 is 22.5 Å². The van der Waals surface area contributed by atoms with Gasteiger partial charge in [0.2, 0.25) is 5.95 Å². The highest BCUT2D eigenvalue weighted by Gasteiger charge is 2.04. The number of rotatable bonds is 4. The van der Waals surface area contributed by atoms with Gasteiger partial charge in [0.25, 0.3) is 11.1 Å². The van der Waals surface area contributed by atoms with Crippen molar-refractivity contribution in [2.24, 2.45) is 0 Å². The van der Waals surface area contributed by atoms with E-state index in [0.29, 0.717) is 29.1 Å². The van der Waals surface area contributed by atoms with Crippen molar-refractivity contribution in [3.8, 4) is 0 Å². The van der Waals surface area contributed by atoms with E-state index in [9.17, 15) is 14.4 Å². The highest BCUT2D eigenvalue weighted by Crippen LogP contribution is 2.00. The van der Waals surface area contributed by atoms with Gasteiger partial charge in [0, 0.05) is 25.3 Å². The molecule has 2 heterocycles. The van der Waals surface area contributed by atoms with Crippen molar-refractivity contribution in [2.75, 3.05) is 20.0 Å². The Labute approximate surface area is 137 Å². The minimum atomic E-state index is -0.502. The molecule has 0 unspecified atom stereocenters. The van der Waals surface area contributed by atoms with E-state index in [1.807, 2.05) is 0 Å². The summed E-state index contributed by atoms with van der Waals surface area (Å²) >= 11 is 0. The molecule has 0 saturated carbocycles. The van der Waals surface area contributed by atoms with Gasteiger partial charge in [-0.25, -0.2) is 9.78 Å². The van der Waals surface area contributed by atoms with Crippen molar-refractivity contribution in [1.82, 2.24) is 19.9 Å². The quantitative estimate of drug-likeness (QED) is 0.575. The maximum Gasteiger partial charge on any atom is 0.325 e. The molecule has 0 aliphatic carbocycles. The third-order valence-corrected chi connectivity index (χ3v) is 3.12. The van der Waals surface area contributed by atoms with Crippen molar-refractivity contribution in [3.63, 3.8) is 0 Å². The zero-order valence-electron chi connectivity index (χ0n) is 14.0. The van der Waals surface area contributed by atoms with Gasteiger partial charge in [-0.3, -0.25) is 19.6 Å². The van der Waals surface area contributed by atoms with Gasteiger partial charge in [-0.2, -0.15) is 0 Å². The molecule has 24 heavy (non-hydrogen) atoms. The molecule has 2 aromatic rings. The van der Waals surface area contributed by atoms with Crippen molar-refractivity contribution < 1.29 is 9.47 Å². The Kier molecular flexibility index (Phi) is 7.08. The summed E-state index contributed by atoms with van der Waals surface area (Å²) in [4.78, 5) is 43.8. The lowest BCUT2D eigenvalue weighted by atomic mass is 10.2. The number of ether oxygens (including phenoxy) is 2. The molecule has 0 aliphatic heterocycles. The second-order valence-corrected chi connectivity index (χ2v) is 4.90. The standard InChI is InChI=1S/C7H11N3O2.C7H10N2O3/c1-4-5(3-12-2)9-7(8)10-6(4)11;1-4-5(3-12-2)8-7(11)9-6(4)10/h3H2,1-2H3,(H3,8,9,10,11);3H2,1-2H3,(H2,8,9,10,11). The van der Waals surface area contributed by atoms with Crippen molar-refractivity contribution in [2.45, 2.75) is 27.1 Å². The molecular formula is C14H21N5O5. The lowest BCUT2D eigenvalue weighted by molar-refractivity contribution is 0.180. The van der Waals surface area contributed by atoms with E-state index in [0.717, 1.165) is 0 Å². The number of hydrogen-bond acceptors (Lipinski definition) is 7. The number of anilines is 1. The normalized spacial score (nSPS) is 10.2. The van der Waals surface area contributed by atoms with Gasteiger partial charge in [0.05, 0.1) is 24.6 Å². The van der Waals surface area contributed by atoms with Crippen LogP contribution in [0.5, 0.6) is 0 Å². The monoisotopic (exact) mass is 339 g/mol. The van der Waals surface area contributed by atoms with Gasteiger partial charge in [-0.1, -0.05) is 0 Å². The highest BCUT2D eigenvalue weighted by molar-refractivity contribution is 5.23. The SMILES string of the molecule is COCc1[nH]c(=O)[nH]c(=O)c1C.COCc1nc(N)[nH]c(=O)c1C. The van der Waals surface area contributed by atoms with Crippen molar-refractivity contribution in [3.05, 3.63) is 53.7 Å². The van der Waals surface area contributed by atoms with E-state index in [1.54, 1.807) is 21.0 Å². The summed E-state index contributed by atoms with van der Waals surface area (Å²) in [5.41, 5.74) is 6.38. The molecule has 0 fully saturated rings. The van der Waals surface area contributed by atoms with Gasteiger partial charge in [0.15, 0.2) is 0 Å². The van der Waals surface area contributed by atoms with E-state index in [2.05, 4.69) is 19.9 Å². The van der Waals surface area contributed by atoms with E-state index >= 15 is 0 Å². The second kappa shape index (κ2) is 8.79. The first kappa shape index (κ1) is 19.3. The first-order valence-electron chi connectivity index (χ1n) is 6.95. The zero-order chi connectivity index (χ0) is 18.3. The Morgan fingerprint density at radius 1 is 0.917 bits per heavy atom. The minimum Gasteiger partial charge on any atom is -0.378 e. The maximum absolute atomic E-state index is 11.1. The van der Waals surface area contributed by atoms with Crippen LogP contribution in [-0.2, 0) is 22.7 Å². The summed E-state index contributed by atoms with van der Waals surface area (Å²) in [6.45, 7) is 3.85. The summed E-state index contributed by atoms with van der Waals surface area (Å²) in [7, 11) is 3.04. The first-order chi connectivity index (χ1) is 11.3. The average Bonchev–Trinajstić information content (AvgIpc) is 2.50. The Morgan fingerprint density at radius 2 is 1.50 bits per heavy atom. The molecular weight excluding hydrogens is 318 g/mol. The van der Waals surface area contributed by atoms with Crippen molar-refractivity contribution >= 4 is 5.95 Å². The molecule has 132 valence electrons. The minimum absolute atomic E-state index is 0.123. The van der Waals surface area contributed by atoms with Gasteiger partial charge >= 0.3 is 5.69 Å². The Bertz CT molecular complexity index is 852. The molecule has 5 N–H and O–H groups in total. The zero-order valence-corrected chi connectivity index (χ0v) is 14.0. The van der Waals surface area contributed by atoms with Crippen LogP contribution in [0.1, 0.15) is 22.5 Å². The summed E-state index contributed by atoms with van der Waals surface area (Å²) in [6.07, 6.45) is 0. The number of nitrogens with two attached hydrogens (primary N) is 1. The van der Waals surface area contributed by atoms with Gasteiger partial charge in [-0.05, 0) is 13.8 Å². The van der Waals surface area contributed by atoms with Crippen LogP contribution in [0.25, 0.3) is 0 Å². The van der Waals surface area contributed by atoms with Crippen LogP contribution in [0.2, 0.25) is 0 Å². The highest BCUT2D eigenvalue weighted by atomic mass is 16.5. The molecule has 0 bridgehead atoms. The lowest BCUT2D eigenvalue weighted by Gasteiger charge is -2.02. The third kappa shape index (κ3) is 5.18.